The van der Waals surface area contributed by atoms with Crippen LogP contribution < -0.4 is 9.80 Å². The zero-order chi connectivity index (χ0) is 16.2. The Morgan fingerprint density at radius 1 is 0.667 bits per heavy atom. The lowest BCUT2D eigenvalue weighted by Crippen LogP contribution is -2.46. The molecule has 0 amide bonds. The number of benzene rings is 2. The molecule has 1 fully saturated rings. The second-order valence-electron chi connectivity index (χ2n) is 5.94. The van der Waals surface area contributed by atoms with Gasteiger partial charge in [0.05, 0.1) is 5.69 Å². The highest BCUT2D eigenvalue weighted by Crippen LogP contribution is 2.22. The monoisotopic (exact) mass is 316 g/mol. The molecule has 0 saturated carbocycles. The second-order valence-corrected chi connectivity index (χ2v) is 5.94. The van der Waals surface area contributed by atoms with Crippen molar-refractivity contribution in [3.63, 3.8) is 0 Å². The van der Waals surface area contributed by atoms with E-state index in [0.29, 0.717) is 0 Å². The molecule has 0 unspecified atom stereocenters. The van der Waals surface area contributed by atoms with E-state index in [1.54, 1.807) is 6.33 Å². The minimum absolute atomic E-state index is 0.972. The molecule has 4 heteroatoms. The Labute approximate surface area is 142 Å². The molecule has 1 aromatic heterocycles. The Hall–Kier alpha value is -2.88. The van der Waals surface area contributed by atoms with E-state index in [0.717, 1.165) is 43.3 Å². The molecule has 2 heterocycles. The summed E-state index contributed by atoms with van der Waals surface area (Å²) in [5, 5.41) is 0. The maximum absolute atomic E-state index is 4.48. The van der Waals surface area contributed by atoms with Crippen LogP contribution in [0, 0.1) is 0 Å². The van der Waals surface area contributed by atoms with E-state index < -0.39 is 0 Å². The summed E-state index contributed by atoms with van der Waals surface area (Å²) in [4.78, 5) is 13.7. The zero-order valence-corrected chi connectivity index (χ0v) is 13.5. The SMILES string of the molecule is c1ccc(-c2cc(N3CCN(c4ccccc4)CC3)ncn2)cc1. The standard InChI is InChI=1S/C20H20N4/c1-3-7-17(8-4-1)19-15-20(22-16-21-19)24-13-11-23(12-14-24)18-9-5-2-6-10-18/h1-10,15-16H,11-14H2. The second kappa shape index (κ2) is 6.71. The quantitative estimate of drug-likeness (QED) is 0.740. The van der Waals surface area contributed by atoms with Crippen LogP contribution in [0.25, 0.3) is 11.3 Å². The lowest BCUT2D eigenvalue weighted by molar-refractivity contribution is 0.647. The number of rotatable bonds is 3. The molecule has 3 aromatic rings. The molecule has 0 N–H and O–H groups in total. The van der Waals surface area contributed by atoms with E-state index in [1.807, 2.05) is 18.2 Å². The first-order valence-corrected chi connectivity index (χ1v) is 8.32. The van der Waals surface area contributed by atoms with Gasteiger partial charge >= 0.3 is 0 Å². The first-order chi connectivity index (χ1) is 11.9. The van der Waals surface area contributed by atoms with E-state index in [2.05, 4.69) is 68.3 Å². The van der Waals surface area contributed by atoms with E-state index >= 15 is 0 Å². The highest BCUT2D eigenvalue weighted by atomic mass is 15.3. The minimum atomic E-state index is 0.972. The van der Waals surface area contributed by atoms with E-state index in [-0.39, 0.29) is 0 Å². The lowest BCUT2D eigenvalue weighted by Gasteiger charge is -2.36. The lowest BCUT2D eigenvalue weighted by atomic mass is 10.1. The van der Waals surface area contributed by atoms with Crippen molar-refractivity contribution >= 4 is 11.5 Å². The highest BCUT2D eigenvalue weighted by Gasteiger charge is 2.18. The smallest absolute Gasteiger partial charge is 0.132 e. The van der Waals surface area contributed by atoms with Gasteiger partial charge in [0.2, 0.25) is 0 Å². The van der Waals surface area contributed by atoms with Crippen LogP contribution in [-0.2, 0) is 0 Å². The number of para-hydroxylation sites is 1. The van der Waals surface area contributed by atoms with Crippen molar-refractivity contribution in [2.75, 3.05) is 36.0 Å². The summed E-state index contributed by atoms with van der Waals surface area (Å²) in [6.07, 6.45) is 1.67. The first kappa shape index (κ1) is 14.7. The Bertz CT molecular complexity index is 781. The molecule has 0 bridgehead atoms. The molecular weight excluding hydrogens is 296 g/mol. The molecule has 1 saturated heterocycles. The predicted molar refractivity (Wildman–Crippen MR) is 98.3 cm³/mol. The molecule has 1 aliphatic rings. The molecule has 0 atom stereocenters. The Morgan fingerprint density at radius 3 is 2.00 bits per heavy atom. The summed E-state index contributed by atoms with van der Waals surface area (Å²) < 4.78 is 0. The van der Waals surface area contributed by atoms with Crippen LogP contribution in [-0.4, -0.2) is 36.1 Å². The Balaban J connectivity index is 1.48. The third-order valence-corrected chi connectivity index (χ3v) is 4.45. The summed E-state index contributed by atoms with van der Waals surface area (Å²) >= 11 is 0. The molecule has 1 aliphatic heterocycles. The molecule has 4 rings (SSSR count). The molecule has 0 spiro atoms. The van der Waals surface area contributed by atoms with E-state index in [9.17, 15) is 0 Å². The summed E-state index contributed by atoms with van der Waals surface area (Å²) in [6, 6.07) is 23.0. The predicted octanol–water partition coefficient (Wildman–Crippen LogP) is 3.47. The Morgan fingerprint density at radius 2 is 1.29 bits per heavy atom. The largest absolute Gasteiger partial charge is 0.368 e. The fraction of sp³-hybridized carbons (Fsp3) is 0.200. The topological polar surface area (TPSA) is 32.3 Å². The van der Waals surface area contributed by atoms with Crippen molar-refractivity contribution in [3.05, 3.63) is 73.1 Å². The molecule has 2 aromatic carbocycles. The van der Waals surface area contributed by atoms with Crippen molar-refractivity contribution in [1.82, 2.24) is 9.97 Å². The fourth-order valence-electron chi connectivity index (χ4n) is 3.12. The van der Waals surface area contributed by atoms with Crippen LogP contribution in [0.4, 0.5) is 11.5 Å². The summed E-state index contributed by atoms with van der Waals surface area (Å²) in [5.41, 5.74) is 3.40. The molecule has 120 valence electrons. The van der Waals surface area contributed by atoms with Gasteiger partial charge in [0.15, 0.2) is 0 Å². The van der Waals surface area contributed by atoms with Crippen molar-refractivity contribution < 1.29 is 0 Å². The number of hydrogen-bond donors (Lipinski definition) is 0. The average molecular weight is 316 g/mol. The van der Waals surface area contributed by atoms with Crippen molar-refractivity contribution in [1.29, 1.82) is 0 Å². The normalized spacial score (nSPS) is 14.7. The van der Waals surface area contributed by atoms with Crippen LogP contribution in [0.5, 0.6) is 0 Å². The van der Waals surface area contributed by atoms with Gasteiger partial charge in [0, 0.05) is 43.5 Å². The molecular formula is C20H20N4. The third kappa shape index (κ3) is 3.08. The zero-order valence-electron chi connectivity index (χ0n) is 13.5. The van der Waals surface area contributed by atoms with Gasteiger partial charge in [-0.1, -0.05) is 48.5 Å². The third-order valence-electron chi connectivity index (χ3n) is 4.45. The van der Waals surface area contributed by atoms with Gasteiger partial charge in [0.1, 0.15) is 12.1 Å². The highest BCUT2D eigenvalue weighted by molar-refractivity contribution is 5.62. The number of piperazine rings is 1. The molecule has 24 heavy (non-hydrogen) atoms. The number of anilines is 2. The molecule has 0 aliphatic carbocycles. The summed E-state index contributed by atoms with van der Waals surface area (Å²) in [5.74, 6) is 1.01. The van der Waals surface area contributed by atoms with Gasteiger partial charge in [-0.25, -0.2) is 9.97 Å². The van der Waals surface area contributed by atoms with Crippen LogP contribution in [0.15, 0.2) is 73.1 Å². The Kier molecular flexibility index (Phi) is 4.11. The maximum atomic E-state index is 4.48. The van der Waals surface area contributed by atoms with Crippen molar-refractivity contribution in [2.24, 2.45) is 0 Å². The summed E-state index contributed by atoms with van der Waals surface area (Å²) in [7, 11) is 0. The van der Waals surface area contributed by atoms with Crippen molar-refractivity contribution in [3.8, 4) is 11.3 Å². The van der Waals surface area contributed by atoms with Crippen LogP contribution >= 0.6 is 0 Å². The van der Waals surface area contributed by atoms with Crippen molar-refractivity contribution in [2.45, 2.75) is 0 Å². The van der Waals surface area contributed by atoms with E-state index in [4.69, 9.17) is 0 Å². The van der Waals surface area contributed by atoms with Gasteiger partial charge in [-0.15, -0.1) is 0 Å². The van der Waals surface area contributed by atoms with Crippen LogP contribution in [0.2, 0.25) is 0 Å². The first-order valence-electron chi connectivity index (χ1n) is 8.32. The average Bonchev–Trinajstić information content (AvgIpc) is 2.70. The molecule has 0 radical (unpaired) electrons. The van der Waals surface area contributed by atoms with Gasteiger partial charge < -0.3 is 9.80 Å². The number of nitrogens with zero attached hydrogens (tertiary/aromatic N) is 4. The van der Waals surface area contributed by atoms with E-state index in [1.165, 1.54) is 5.69 Å². The minimum Gasteiger partial charge on any atom is -0.368 e. The van der Waals surface area contributed by atoms with Gasteiger partial charge in [-0.2, -0.15) is 0 Å². The number of hydrogen-bond acceptors (Lipinski definition) is 4. The van der Waals surface area contributed by atoms with Crippen LogP contribution in [0.3, 0.4) is 0 Å². The number of aromatic nitrogens is 2. The summed E-state index contributed by atoms with van der Waals surface area (Å²) in [6.45, 7) is 3.96. The maximum Gasteiger partial charge on any atom is 0.132 e. The van der Waals surface area contributed by atoms with Gasteiger partial charge in [0.25, 0.3) is 0 Å². The fourth-order valence-corrected chi connectivity index (χ4v) is 3.12. The van der Waals surface area contributed by atoms with Gasteiger partial charge in [-0.3, -0.25) is 0 Å². The van der Waals surface area contributed by atoms with Gasteiger partial charge in [-0.05, 0) is 12.1 Å². The van der Waals surface area contributed by atoms with Crippen LogP contribution in [0.1, 0.15) is 0 Å². The molecule has 4 nitrogen and oxygen atoms in total.